The van der Waals surface area contributed by atoms with Crippen LogP contribution in [0.4, 0.5) is 0 Å². The predicted molar refractivity (Wildman–Crippen MR) is 71.5 cm³/mol. The van der Waals surface area contributed by atoms with Gasteiger partial charge in [-0.3, -0.25) is 5.32 Å². The van der Waals surface area contributed by atoms with E-state index >= 15 is 0 Å². The highest BCUT2D eigenvalue weighted by Crippen LogP contribution is 2.25. The van der Waals surface area contributed by atoms with Crippen molar-refractivity contribution < 1.29 is 14.3 Å². The summed E-state index contributed by atoms with van der Waals surface area (Å²) in [5.41, 5.74) is -0.942. The van der Waals surface area contributed by atoms with Crippen LogP contribution >= 0.6 is 0 Å². The van der Waals surface area contributed by atoms with Crippen molar-refractivity contribution in [3.63, 3.8) is 0 Å². The molecule has 0 aromatic rings. The lowest BCUT2D eigenvalue weighted by Crippen LogP contribution is -2.56. The van der Waals surface area contributed by atoms with Crippen molar-refractivity contribution in [2.24, 2.45) is 0 Å². The van der Waals surface area contributed by atoms with E-state index in [0.717, 1.165) is 19.3 Å². The molecule has 4 heteroatoms. The van der Waals surface area contributed by atoms with Crippen molar-refractivity contribution >= 4 is 5.97 Å². The maximum atomic E-state index is 12.1. The van der Waals surface area contributed by atoms with Gasteiger partial charge in [-0.05, 0) is 47.0 Å². The molecular weight excluding hydrogens is 230 g/mol. The minimum Gasteiger partial charge on any atom is -0.465 e. The Morgan fingerprint density at radius 3 is 2.33 bits per heavy atom. The van der Waals surface area contributed by atoms with Crippen LogP contribution in [0.25, 0.3) is 0 Å². The Labute approximate surface area is 110 Å². The highest BCUT2D eigenvalue weighted by molar-refractivity contribution is 5.80. The van der Waals surface area contributed by atoms with Gasteiger partial charge in [0, 0.05) is 6.04 Å². The maximum absolute atomic E-state index is 12.1. The van der Waals surface area contributed by atoms with Crippen LogP contribution in [-0.4, -0.2) is 36.4 Å². The summed E-state index contributed by atoms with van der Waals surface area (Å²) in [6.45, 7) is 10.6. The fraction of sp³-hybridized carbons (Fsp3) is 0.929. The molecule has 4 nitrogen and oxygen atoms in total. The molecule has 1 aliphatic carbocycles. The summed E-state index contributed by atoms with van der Waals surface area (Å²) in [5, 5.41) is 3.35. The molecule has 0 bridgehead atoms. The lowest BCUT2D eigenvalue weighted by atomic mass is 10.0. The zero-order valence-electron chi connectivity index (χ0n) is 12.3. The number of esters is 1. The standard InChI is InChI=1S/C14H27NO3/c1-6-13(3,4)18-10-14(5,12(16)17-7-2)15-11-8-9-11/h11,15H,6-10H2,1-5H3. The Bertz CT molecular complexity index is 287. The van der Waals surface area contributed by atoms with Gasteiger partial charge in [0.2, 0.25) is 0 Å². The normalized spacial score (nSPS) is 19.4. The van der Waals surface area contributed by atoms with Gasteiger partial charge in [-0.1, -0.05) is 6.92 Å². The SMILES string of the molecule is CCOC(=O)C(C)(COC(C)(C)CC)NC1CC1. The van der Waals surface area contributed by atoms with E-state index in [1.54, 1.807) is 0 Å². The third-order valence-electron chi connectivity index (χ3n) is 3.43. The van der Waals surface area contributed by atoms with E-state index in [2.05, 4.69) is 12.2 Å². The smallest absolute Gasteiger partial charge is 0.328 e. The first kappa shape index (κ1) is 15.4. The first-order valence-corrected chi connectivity index (χ1v) is 6.92. The summed E-state index contributed by atoms with van der Waals surface area (Å²) in [4.78, 5) is 12.1. The number of nitrogens with one attached hydrogen (secondary N) is 1. The van der Waals surface area contributed by atoms with Crippen LogP contribution in [0.5, 0.6) is 0 Å². The second-order valence-corrected chi connectivity index (χ2v) is 5.87. The molecule has 1 atom stereocenters. The molecule has 1 N–H and O–H groups in total. The fourth-order valence-corrected chi connectivity index (χ4v) is 1.57. The number of hydrogen-bond acceptors (Lipinski definition) is 4. The summed E-state index contributed by atoms with van der Waals surface area (Å²) in [5.74, 6) is -0.219. The van der Waals surface area contributed by atoms with Crippen molar-refractivity contribution in [2.75, 3.05) is 13.2 Å². The third-order valence-corrected chi connectivity index (χ3v) is 3.43. The van der Waals surface area contributed by atoms with Crippen molar-refractivity contribution in [3.8, 4) is 0 Å². The Hall–Kier alpha value is -0.610. The molecule has 0 aromatic carbocycles. The summed E-state index contributed by atoms with van der Waals surface area (Å²) in [6, 6.07) is 0.438. The summed E-state index contributed by atoms with van der Waals surface area (Å²) < 4.78 is 11.0. The average Bonchev–Trinajstić information content (AvgIpc) is 3.11. The first-order chi connectivity index (χ1) is 8.33. The monoisotopic (exact) mass is 257 g/mol. The molecule has 18 heavy (non-hydrogen) atoms. The topological polar surface area (TPSA) is 47.6 Å². The van der Waals surface area contributed by atoms with Gasteiger partial charge in [-0.25, -0.2) is 4.79 Å². The molecule has 1 unspecified atom stereocenters. The van der Waals surface area contributed by atoms with E-state index in [1.165, 1.54) is 0 Å². The Morgan fingerprint density at radius 1 is 1.28 bits per heavy atom. The van der Waals surface area contributed by atoms with Gasteiger partial charge in [0.05, 0.1) is 18.8 Å². The van der Waals surface area contributed by atoms with Crippen molar-refractivity contribution in [2.45, 2.75) is 71.1 Å². The van der Waals surface area contributed by atoms with E-state index in [4.69, 9.17) is 9.47 Å². The molecule has 0 aliphatic heterocycles. The lowest BCUT2D eigenvalue weighted by molar-refractivity contribution is -0.156. The first-order valence-electron chi connectivity index (χ1n) is 6.92. The maximum Gasteiger partial charge on any atom is 0.328 e. The Kier molecular flexibility index (Phi) is 5.17. The largest absolute Gasteiger partial charge is 0.465 e. The Morgan fingerprint density at radius 2 is 1.89 bits per heavy atom. The minimum absolute atomic E-state index is 0.209. The van der Waals surface area contributed by atoms with Crippen molar-refractivity contribution in [3.05, 3.63) is 0 Å². The molecule has 0 spiro atoms. The molecule has 0 aromatic heterocycles. The predicted octanol–water partition coefficient (Wildman–Crippen LogP) is 2.27. The second-order valence-electron chi connectivity index (χ2n) is 5.87. The second kappa shape index (κ2) is 6.02. The van der Waals surface area contributed by atoms with Crippen LogP contribution in [0.2, 0.25) is 0 Å². The van der Waals surface area contributed by atoms with Crippen LogP contribution in [0.3, 0.4) is 0 Å². The zero-order valence-corrected chi connectivity index (χ0v) is 12.3. The van der Waals surface area contributed by atoms with E-state index < -0.39 is 5.54 Å². The van der Waals surface area contributed by atoms with Crippen LogP contribution in [0, 0.1) is 0 Å². The molecule has 1 rings (SSSR count). The van der Waals surface area contributed by atoms with Crippen molar-refractivity contribution in [1.29, 1.82) is 0 Å². The average molecular weight is 257 g/mol. The van der Waals surface area contributed by atoms with E-state index in [-0.39, 0.29) is 11.6 Å². The van der Waals surface area contributed by atoms with Crippen molar-refractivity contribution in [1.82, 2.24) is 5.32 Å². The number of rotatable bonds is 8. The van der Waals surface area contributed by atoms with Gasteiger partial charge >= 0.3 is 5.97 Å². The van der Waals surface area contributed by atoms with Gasteiger partial charge < -0.3 is 9.47 Å². The van der Waals surface area contributed by atoms with Gasteiger partial charge in [-0.2, -0.15) is 0 Å². The van der Waals surface area contributed by atoms with Gasteiger partial charge in [-0.15, -0.1) is 0 Å². The fourth-order valence-electron chi connectivity index (χ4n) is 1.57. The van der Waals surface area contributed by atoms with Crippen LogP contribution in [0.15, 0.2) is 0 Å². The van der Waals surface area contributed by atoms with Gasteiger partial charge in [0.1, 0.15) is 5.54 Å². The van der Waals surface area contributed by atoms with Gasteiger partial charge in [0.25, 0.3) is 0 Å². The molecule has 0 saturated heterocycles. The zero-order chi connectivity index (χ0) is 13.8. The Balaban J connectivity index is 2.61. The summed E-state index contributed by atoms with van der Waals surface area (Å²) in [7, 11) is 0. The molecule has 1 fully saturated rings. The number of ether oxygens (including phenoxy) is 2. The molecule has 0 heterocycles. The number of carbonyl (C=O) groups excluding carboxylic acids is 1. The van der Waals surface area contributed by atoms with Crippen LogP contribution in [-0.2, 0) is 14.3 Å². The summed E-state index contributed by atoms with van der Waals surface area (Å²) >= 11 is 0. The number of carbonyl (C=O) groups is 1. The van der Waals surface area contributed by atoms with Gasteiger partial charge in [0.15, 0.2) is 0 Å². The minimum atomic E-state index is -0.733. The number of hydrogen-bond donors (Lipinski definition) is 1. The van der Waals surface area contributed by atoms with E-state index in [9.17, 15) is 4.79 Å². The van der Waals surface area contributed by atoms with E-state index in [0.29, 0.717) is 19.3 Å². The molecular formula is C14H27NO3. The quantitative estimate of drug-likeness (QED) is 0.678. The molecule has 0 amide bonds. The molecule has 106 valence electrons. The van der Waals surface area contributed by atoms with Crippen LogP contribution < -0.4 is 5.32 Å². The van der Waals surface area contributed by atoms with Crippen LogP contribution in [0.1, 0.15) is 53.9 Å². The lowest BCUT2D eigenvalue weighted by Gasteiger charge is -2.33. The molecule has 1 saturated carbocycles. The highest BCUT2D eigenvalue weighted by atomic mass is 16.5. The third kappa shape index (κ3) is 4.58. The highest BCUT2D eigenvalue weighted by Gasteiger charge is 2.41. The summed E-state index contributed by atoms with van der Waals surface area (Å²) in [6.07, 6.45) is 3.17. The molecule has 1 aliphatic rings. The van der Waals surface area contributed by atoms with E-state index in [1.807, 2.05) is 27.7 Å². The molecule has 0 radical (unpaired) electrons.